The van der Waals surface area contributed by atoms with Gasteiger partial charge >= 0.3 is 0 Å². The van der Waals surface area contributed by atoms with Crippen molar-refractivity contribution >= 4 is 15.9 Å². The number of carbonyl (C=O) groups excluding carboxylic acids is 1. The van der Waals surface area contributed by atoms with E-state index in [1.165, 1.54) is 30.3 Å². The Hall–Kier alpha value is -2.52. The molecule has 0 bridgehead atoms. The molecule has 8 nitrogen and oxygen atoms in total. The lowest BCUT2D eigenvalue weighted by molar-refractivity contribution is 0.0892. The molecular weight excluding hydrogens is 368 g/mol. The number of aryl methyl sites for hydroxylation is 1. The molecule has 0 unspecified atom stereocenters. The van der Waals surface area contributed by atoms with E-state index in [-0.39, 0.29) is 17.3 Å². The highest BCUT2D eigenvalue weighted by Gasteiger charge is 2.41. The maximum Gasteiger partial charge on any atom is 0.252 e. The molecule has 1 amide bonds. The zero-order valence-electron chi connectivity index (χ0n) is 15.1. The quantitative estimate of drug-likeness (QED) is 0.699. The highest BCUT2D eigenvalue weighted by Crippen LogP contribution is 2.37. The first-order valence-electron chi connectivity index (χ1n) is 8.70. The molecule has 1 aliphatic rings. The van der Waals surface area contributed by atoms with Crippen LogP contribution in [-0.4, -0.2) is 31.0 Å². The van der Waals surface area contributed by atoms with E-state index < -0.39 is 15.6 Å². The highest BCUT2D eigenvalue weighted by molar-refractivity contribution is 7.89. The number of sulfonamides is 1. The summed E-state index contributed by atoms with van der Waals surface area (Å²) in [4.78, 5) is 17.1. The topological polar surface area (TPSA) is 114 Å². The molecule has 1 aromatic heterocycles. The maximum atomic E-state index is 12.7. The largest absolute Gasteiger partial charge is 0.340 e. The zero-order chi connectivity index (χ0) is 19.5. The number of nitrogens with one attached hydrogen (secondary N) is 2. The molecule has 0 saturated heterocycles. The van der Waals surface area contributed by atoms with Crippen LogP contribution in [0.25, 0.3) is 0 Å². The van der Waals surface area contributed by atoms with Crippen molar-refractivity contribution in [2.45, 2.75) is 43.0 Å². The Kier molecular flexibility index (Phi) is 5.43. The van der Waals surface area contributed by atoms with Gasteiger partial charge in [-0.3, -0.25) is 4.79 Å². The maximum absolute atomic E-state index is 12.7. The first-order valence-corrected chi connectivity index (χ1v) is 10.2. The van der Waals surface area contributed by atoms with Gasteiger partial charge in [0, 0.05) is 19.0 Å². The van der Waals surface area contributed by atoms with Crippen molar-refractivity contribution in [3.05, 3.63) is 54.2 Å². The number of hydrogen-bond donors (Lipinski definition) is 2. The van der Waals surface area contributed by atoms with Crippen LogP contribution in [0.2, 0.25) is 0 Å². The molecule has 9 heteroatoms. The third-order valence-electron chi connectivity index (χ3n) is 4.61. The molecule has 144 valence electrons. The molecule has 27 heavy (non-hydrogen) atoms. The number of benzene rings is 1. The Morgan fingerprint density at radius 1 is 1.30 bits per heavy atom. The molecule has 0 atom stereocenters. The number of nitrogens with zero attached hydrogens (tertiary/aromatic N) is 2. The van der Waals surface area contributed by atoms with E-state index in [0.29, 0.717) is 17.3 Å². The lowest BCUT2D eigenvalue weighted by atomic mass is 9.96. The van der Waals surface area contributed by atoms with Gasteiger partial charge in [0.05, 0.1) is 4.90 Å². The summed E-state index contributed by atoms with van der Waals surface area (Å²) in [6.07, 6.45) is 4.84. The minimum absolute atomic E-state index is 0.0882. The summed E-state index contributed by atoms with van der Waals surface area (Å²) in [5.41, 5.74) is -0.283. The molecule has 1 aromatic carbocycles. The van der Waals surface area contributed by atoms with Gasteiger partial charge in [0.2, 0.25) is 15.9 Å². The Labute approximate surface area is 158 Å². The van der Waals surface area contributed by atoms with E-state index in [4.69, 9.17) is 4.52 Å². The standard InChI is InChI=1S/C18H22N4O4S/c1-3-12-19-27(24,25)15-8-6-14(7-9-15)16(23)21-18(10-4-5-11-18)17-20-13(2)26-22-17/h3,6-9,19H,1,4-5,10-12H2,2H3,(H,21,23). The number of carbonyl (C=O) groups is 1. The van der Waals surface area contributed by atoms with Crippen LogP contribution in [0, 0.1) is 6.92 Å². The zero-order valence-corrected chi connectivity index (χ0v) is 15.9. The minimum Gasteiger partial charge on any atom is -0.340 e. The first-order chi connectivity index (χ1) is 12.9. The number of amides is 1. The molecule has 0 spiro atoms. The third kappa shape index (κ3) is 4.09. The summed E-state index contributed by atoms with van der Waals surface area (Å²) in [5, 5.41) is 7.02. The average Bonchev–Trinajstić information content (AvgIpc) is 3.30. The summed E-state index contributed by atoms with van der Waals surface area (Å²) in [5.74, 6) is 0.633. The molecule has 0 radical (unpaired) electrons. The van der Waals surface area contributed by atoms with Gasteiger partial charge in [0.15, 0.2) is 5.82 Å². The number of hydrogen-bond acceptors (Lipinski definition) is 6. The van der Waals surface area contributed by atoms with Crippen molar-refractivity contribution in [2.24, 2.45) is 0 Å². The second kappa shape index (κ2) is 7.61. The lowest BCUT2D eigenvalue weighted by Crippen LogP contribution is -2.44. The van der Waals surface area contributed by atoms with Crippen molar-refractivity contribution in [1.82, 2.24) is 20.2 Å². The molecule has 1 saturated carbocycles. The van der Waals surface area contributed by atoms with E-state index in [1.807, 2.05) is 0 Å². The Bertz CT molecular complexity index is 929. The van der Waals surface area contributed by atoms with E-state index in [1.54, 1.807) is 6.92 Å². The fourth-order valence-corrected chi connectivity index (χ4v) is 4.20. The molecule has 1 heterocycles. The molecule has 3 rings (SSSR count). The van der Waals surface area contributed by atoms with Gasteiger partial charge < -0.3 is 9.84 Å². The van der Waals surface area contributed by atoms with Crippen LogP contribution in [0.1, 0.15) is 47.8 Å². The van der Waals surface area contributed by atoms with Gasteiger partial charge in [-0.1, -0.05) is 24.1 Å². The summed E-state index contributed by atoms with van der Waals surface area (Å²) in [6.45, 7) is 5.32. The van der Waals surface area contributed by atoms with Crippen LogP contribution in [0.15, 0.2) is 46.3 Å². The summed E-state index contributed by atoms with van der Waals surface area (Å²) in [6, 6.07) is 5.78. The molecule has 2 N–H and O–H groups in total. The molecular formula is C18H22N4O4S. The second-order valence-corrected chi connectivity index (χ2v) is 8.31. The average molecular weight is 390 g/mol. The Balaban J connectivity index is 1.78. The first kappa shape index (κ1) is 19.2. The fourth-order valence-electron chi connectivity index (χ4n) is 3.20. The normalized spacial score (nSPS) is 16.2. The van der Waals surface area contributed by atoms with Crippen LogP contribution in [-0.2, 0) is 15.6 Å². The van der Waals surface area contributed by atoms with Gasteiger partial charge in [-0.05, 0) is 37.1 Å². The van der Waals surface area contributed by atoms with Crippen LogP contribution in [0.3, 0.4) is 0 Å². The SMILES string of the molecule is C=CCNS(=O)(=O)c1ccc(C(=O)NC2(c3noc(C)n3)CCCC2)cc1. The van der Waals surface area contributed by atoms with Crippen molar-refractivity contribution < 1.29 is 17.7 Å². The van der Waals surface area contributed by atoms with Gasteiger partial charge in [-0.2, -0.15) is 4.98 Å². The van der Waals surface area contributed by atoms with E-state index >= 15 is 0 Å². The number of aromatic nitrogens is 2. The van der Waals surface area contributed by atoms with E-state index in [0.717, 1.165) is 25.7 Å². The van der Waals surface area contributed by atoms with Gasteiger partial charge in [0.1, 0.15) is 5.54 Å². The Morgan fingerprint density at radius 2 is 1.96 bits per heavy atom. The smallest absolute Gasteiger partial charge is 0.252 e. The molecule has 2 aromatic rings. The molecule has 1 fully saturated rings. The van der Waals surface area contributed by atoms with Gasteiger partial charge in [0.25, 0.3) is 5.91 Å². The predicted molar refractivity (Wildman–Crippen MR) is 98.5 cm³/mol. The monoisotopic (exact) mass is 390 g/mol. The second-order valence-electron chi connectivity index (χ2n) is 6.55. The van der Waals surface area contributed by atoms with Crippen LogP contribution < -0.4 is 10.0 Å². The fraction of sp³-hybridized carbons (Fsp3) is 0.389. The Morgan fingerprint density at radius 3 is 2.52 bits per heavy atom. The van der Waals surface area contributed by atoms with Crippen LogP contribution >= 0.6 is 0 Å². The minimum atomic E-state index is -3.62. The summed E-state index contributed by atoms with van der Waals surface area (Å²) < 4.78 is 31.7. The summed E-state index contributed by atoms with van der Waals surface area (Å²) in [7, 11) is -3.62. The van der Waals surface area contributed by atoms with E-state index in [9.17, 15) is 13.2 Å². The van der Waals surface area contributed by atoms with Crippen molar-refractivity contribution in [1.29, 1.82) is 0 Å². The van der Waals surface area contributed by atoms with E-state index in [2.05, 4.69) is 26.8 Å². The third-order valence-corrected chi connectivity index (χ3v) is 6.05. The summed E-state index contributed by atoms with van der Waals surface area (Å²) >= 11 is 0. The predicted octanol–water partition coefficient (Wildman–Crippen LogP) is 2.04. The highest BCUT2D eigenvalue weighted by atomic mass is 32.2. The number of rotatable bonds is 7. The molecule has 0 aliphatic heterocycles. The van der Waals surface area contributed by atoms with Crippen molar-refractivity contribution in [3.8, 4) is 0 Å². The van der Waals surface area contributed by atoms with Gasteiger partial charge in [-0.15, -0.1) is 6.58 Å². The van der Waals surface area contributed by atoms with Gasteiger partial charge in [-0.25, -0.2) is 13.1 Å². The molecule has 1 aliphatic carbocycles. The lowest BCUT2D eigenvalue weighted by Gasteiger charge is -2.26. The van der Waals surface area contributed by atoms with Crippen molar-refractivity contribution in [3.63, 3.8) is 0 Å². The van der Waals surface area contributed by atoms with Crippen LogP contribution in [0.4, 0.5) is 0 Å². The van der Waals surface area contributed by atoms with Crippen LogP contribution in [0.5, 0.6) is 0 Å². The van der Waals surface area contributed by atoms with Crippen molar-refractivity contribution in [2.75, 3.05) is 6.54 Å².